The van der Waals surface area contributed by atoms with E-state index in [4.69, 9.17) is 0 Å². The van der Waals surface area contributed by atoms with Gasteiger partial charge in [0.2, 0.25) is 0 Å². The maximum absolute atomic E-state index is 11.4. The van der Waals surface area contributed by atoms with Gasteiger partial charge in [0.1, 0.15) is 0 Å². The first-order chi connectivity index (χ1) is 8.05. The van der Waals surface area contributed by atoms with Gasteiger partial charge in [-0.25, -0.2) is 8.42 Å². The normalized spacial score (nSPS) is 21.1. The molecule has 1 N–H and O–H groups in total. The first kappa shape index (κ1) is 15.0. The van der Waals surface area contributed by atoms with Crippen LogP contribution in [0.15, 0.2) is 0 Å². The first-order valence-electron chi connectivity index (χ1n) is 6.99. The van der Waals surface area contributed by atoms with Crippen molar-refractivity contribution in [2.45, 2.75) is 58.4 Å². The Hall–Kier alpha value is -0.0900. The third kappa shape index (κ3) is 5.87. The van der Waals surface area contributed by atoms with E-state index in [1.54, 1.807) is 6.92 Å². The lowest BCUT2D eigenvalue weighted by Gasteiger charge is -2.23. The molecular formula is C13H27NO2S. The van der Waals surface area contributed by atoms with Gasteiger partial charge in [0.25, 0.3) is 0 Å². The van der Waals surface area contributed by atoms with Crippen molar-refractivity contribution in [2.75, 3.05) is 18.1 Å². The fraction of sp³-hybridized carbons (Fsp3) is 1.00. The van der Waals surface area contributed by atoms with E-state index < -0.39 is 9.84 Å². The van der Waals surface area contributed by atoms with E-state index in [0.717, 1.165) is 5.92 Å². The topological polar surface area (TPSA) is 46.2 Å². The van der Waals surface area contributed by atoms with Gasteiger partial charge in [-0.05, 0) is 25.7 Å². The van der Waals surface area contributed by atoms with Gasteiger partial charge in [-0.2, -0.15) is 0 Å². The fourth-order valence-corrected chi connectivity index (χ4v) is 3.28. The van der Waals surface area contributed by atoms with E-state index in [1.165, 1.54) is 38.5 Å². The average molecular weight is 261 g/mol. The summed E-state index contributed by atoms with van der Waals surface area (Å²) in [6.45, 7) is 4.52. The molecule has 0 radical (unpaired) electrons. The molecule has 0 aromatic heterocycles. The third-order valence-corrected chi connectivity index (χ3v) is 5.63. The number of hydrogen-bond acceptors (Lipinski definition) is 3. The van der Waals surface area contributed by atoms with E-state index in [9.17, 15) is 8.42 Å². The zero-order valence-electron chi connectivity index (χ0n) is 11.2. The van der Waals surface area contributed by atoms with Crippen LogP contribution in [0.25, 0.3) is 0 Å². The highest BCUT2D eigenvalue weighted by Crippen LogP contribution is 2.25. The Kier molecular flexibility index (Phi) is 6.49. The summed E-state index contributed by atoms with van der Waals surface area (Å²) in [5.74, 6) is 1.27. The molecule has 0 bridgehead atoms. The van der Waals surface area contributed by atoms with Crippen LogP contribution in [0.2, 0.25) is 0 Å². The molecule has 0 spiro atoms. The Bertz CT molecular complexity index is 293. The molecule has 3 nitrogen and oxygen atoms in total. The number of nitrogens with one attached hydrogen (secondary N) is 1. The SMILES string of the molecule is CCS(=O)(=O)CCN[C@@H](C)C1CCCCCC1. The summed E-state index contributed by atoms with van der Waals surface area (Å²) < 4.78 is 22.7. The summed E-state index contributed by atoms with van der Waals surface area (Å²) in [6.07, 6.45) is 8.01. The lowest BCUT2D eigenvalue weighted by molar-refractivity contribution is 0.343. The Morgan fingerprint density at radius 3 is 2.29 bits per heavy atom. The summed E-state index contributed by atoms with van der Waals surface area (Å²) >= 11 is 0. The van der Waals surface area contributed by atoms with Crippen molar-refractivity contribution in [1.29, 1.82) is 0 Å². The number of sulfone groups is 1. The highest BCUT2D eigenvalue weighted by molar-refractivity contribution is 7.91. The van der Waals surface area contributed by atoms with Gasteiger partial charge in [0.05, 0.1) is 5.75 Å². The first-order valence-corrected chi connectivity index (χ1v) is 8.81. The second-order valence-corrected chi connectivity index (χ2v) is 7.70. The van der Waals surface area contributed by atoms with Gasteiger partial charge >= 0.3 is 0 Å². The quantitative estimate of drug-likeness (QED) is 0.747. The Balaban J connectivity index is 2.26. The van der Waals surface area contributed by atoms with E-state index in [1.807, 2.05) is 0 Å². The minimum absolute atomic E-state index is 0.256. The summed E-state index contributed by atoms with van der Waals surface area (Å²) in [7, 11) is -2.82. The van der Waals surface area contributed by atoms with Crippen LogP contribution in [-0.4, -0.2) is 32.5 Å². The van der Waals surface area contributed by atoms with Crippen LogP contribution in [0.3, 0.4) is 0 Å². The van der Waals surface area contributed by atoms with Gasteiger partial charge in [-0.3, -0.25) is 0 Å². The molecule has 0 unspecified atom stereocenters. The predicted octanol–water partition coefficient (Wildman–Crippen LogP) is 2.37. The Morgan fingerprint density at radius 2 is 1.76 bits per heavy atom. The molecule has 1 fully saturated rings. The number of rotatable bonds is 6. The lowest BCUT2D eigenvalue weighted by Crippen LogP contribution is -2.36. The molecule has 1 aliphatic rings. The van der Waals surface area contributed by atoms with Crippen molar-refractivity contribution < 1.29 is 8.42 Å². The highest BCUT2D eigenvalue weighted by atomic mass is 32.2. The van der Waals surface area contributed by atoms with E-state index >= 15 is 0 Å². The maximum atomic E-state index is 11.4. The fourth-order valence-electron chi connectivity index (χ4n) is 2.56. The van der Waals surface area contributed by atoms with Crippen molar-refractivity contribution in [2.24, 2.45) is 5.92 Å². The van der Waals surface area contributed by atoms with Crippen LogP contribution >= 0.6 is 0 Å². The number of hydrogen-bond donors (Lipinski definition) is 1. The summed E-state index contributed by atoms with van der Waals surface area (Å²) in [4.78, 5) is 0. The molecule has 1 saturated carbocycles. The van der Waals surface area contributed by atoms with Crippen LogP contribution in [0, 0.1) is 5.92 Å². The Morgan fingerprint density at radius 1 is 1.18 bits per heavy atom. The van der Waals surface area contributed by atoms with Crippen molar-refractivity contribution in [3.05, 3.63) is 0 Å². The molecule has 0 heterocycles. The smallest absolute Gasteiger partial charge is 0.151 e. The van der Waals surface area contributed by atoms with Gasteiger partial charge in [0, 0.05) is 18.3 Å². The molecule has 102 valence electrons. The van der Waals surface area contributed by atoms with Crippen LogP contribution < -0.4 is 5.32 Å². The molecule has 4 heteroatoms. The van der Waals surface area contributed by atoms with Crippen molar-refractivity contribution in [1.82, 2.24) is 5.32 Å². The van der Waals surface area contributed by atoms with Gasteiger partial charge in [-0.15, -0.1) is 0 Å². The van der Waals surface area contributed by atoms with Gasteiger partial charge in [-0.1, -0.05) is 32.6 Å². The molecule has 0 saturated heterocycles. The van der Waals surface area contributed by atoms with Gasteiger partial charge < -0.3 is 5.32 Å². The zero-order chi connectivity index (χ0) is 12.7. The lowest BCUT2D eigenvalue weighted by atomic mass is 9.93. The monoisotopic (exact) mass is 261 g/mol. The molecule has 17 heavy (non-hydrogen) atoms. The average Bonchev–Trinajstić information content (AvgIpc) is 2.57. The zero-order valence-corrected chi connectivity index (χ0v) is 12.1. The second-order valence-electron chi connectivity index (χ2n) is 5.23. The molecule has 0 amide bonds. The maximum Gasteiger partial charge on any atom is 0.151 e. The summed E-state index contributed by atoms with van der Waals surface area (Å²) in [6, 6.07) is 0.458. The molecule has 1 atom stereocenters. The molecule has 0 aliphatic heterocycles. The van der Waals surface area contributed by atoms with E-state index in [-0.39, 0.29) is 11.5 Å². The van der Waals surface area contributed by atoms with Crippen LogP contribution in [0.1, 0.15) is 52.4 Å². The molecule has 1 aliphatic carbocycles. The molecular weight excluding hydrogens is 234 g/mol. The summed E-state index contributed by atoms with van der Waals surface area (Å²) in [5, 5.41) is 3.39. The van der Waals surface area contributed by atoms with E-state index in [2.05, 4.69) is 12.2 Å². The van der Waals surface area contributed by atoms with Crippen molar-refractivity contribution >= 4 is 9.84 Å². The van der Waals surface area contributed by atoms with Gasteiger partial charge in [0.15, 0.2) is 9.84 Å². The van der Waals surface area contributed by atoms with E-state index in [0.29, 0.717) is 12.6 Å². The predicted molar refractivity (Wildman–Crippen MR) is 73.0 cm³/mol. The minimum atomic E-state index is -2.82. The largest absolute Gasteiger partial charge is 0.313 e. The highest BCUT2D eigenvalue weighted by Gasteiger charge is 2.19. The van der Waals surface area contributed by atoms with Crippen LogP contribution in [-0.2, 0) is 9.84 Å². The van der Waals surface area contributed by atoms with Crippen LogP contribution in [0.5, 0.6) is 0 Å². The molecule has 0 aromatic carbocycles. The second kappa shape index (κ2) is 7.37. The van der Waals surface area contributed by atoms with Crippen molar-refractivity contribution in [3.8, 4) is 0 Å². The third-order valence-electron chi connectivity index (χ3n) is 3.93. The minimum Gasteiger partial charge on any atom is -0.313 e. The molecule has 1 rings (SSSR count). The molecule has 0 aromatic rings. The Labute approximate surface area is 106 Å². The summed E-state index contributed by atoms with van der Waals surface area (Å²) in [5.41, 5.74) is 0. The van der Waals surface area contributed by atoms with Crippen molar-refractivity contribution in [3.63, 3.8) is 0 Å². The standard InChI is InChI=1S/C13H27NO2S/c1-3-17(15,16)11-10-14-12(2)13-8-6-4-5-7-9-13/h12-14H,3-11H2,1-2H3/t12-/m0/s1. The van der Waals surface area contributed by atoms with Crippen LogP contribution in [0.4, 0.5) is 0 Å².